The third kappa shape index (κ3) is 5.48. The molecule has 1 saturated heterocycles. The van der Waals surface area contributed by atoms with Gasteiger partial charge < -0.3 is 19.5 Å². The van der Waals surface area contributed by atoms with Gasteiger partial charge in [-0.1, -0.05) is 23.8 Å². The molecule has 1 atom stereocenters. The Kier molecular flexibility index (Phi) is 7.27. The Morgan fingerprint density at radius 1 is 1.14 bits per heavy atom. The highest BCUT2D eigenvalue weighted by atomic mass is 19.1. The second kappa shape index (κ2) is 10.7. The van der Waals surface area contributed by atoms with Crippen molar-refractivity contribution >= 4 is 11.8 Å². The molecule has 3 heterocycles. The number of hydrogen-bond acceptors (Lipinski definition) is 4. The number of hydrogen-bond donors (Lipinski definition) is 1. The Morgan fingerprint density at radius 3 is 2.69 bits per heavy atom. The van der Waals surface area contributed by atoms with Crippen LogP contribution in [-0.2, 0) is 22.7 Å². The molecule has 7 nitrogen and oxygen atoms in total. The largest absolute Gasteiger partial charge is 0.365 e. The van der Waals surface area contributed by atoms with Gasteiger partial charge in [-0.25, -0.2) is 9.37 Å². The van der Waals surface area contributed by atoms with E-state index in [1.807, 2.05) is 4.57 Å². The van der Waals surface area contributed by atoms with Gasteiger partial charge in [-0.15, -0.1) is 0 Å². The van der Waals surface area contributed by atoms with Crippen molar-refractivity contribution in [1.29, 1.82) is 0 Å². The summed E-state index contributed by atoms with van der Waals surface area (Å²) in [6.45, 7) is 2.60. The molecule has 186 valence electrons. The number of carbonyl (C=O) groups excluding carboxylic acids is 2. The molecule has 1 N–H and O–H groups in total. The molecule has 1 aliphatic carbocycles. The van der Waals surface area contributed by atoms with E-state index >= 15 is 0 Å². The average Bonchev–Trinajstić information content (AvgIpc) is 3.33. The van der Waals surface area contributed by atoms with E-state index in [9.17, 15) is 14.0 Å². The molecule has 1 aromatic carbocycles. The monoisotopic (exact) mass is 480 g/mol. The first-order valence-electron chi connectivity index (χ1n) is 12.7. The van der Waals surface area contributed by atoms with Crippen molar-refractivity contribution in [2.45, 2.75) is 64.2 Å². The molecule has 1 aromatic heterocycles. The topological polar surface area (TPSA) is 76.5 Å². The highest BCUT2D eigenvalue weighted by molar-refractivity contribution is 5.93. The minimum atomic E-state index is -0.279. The summed E-state index contributed by atoms with van der Waals surface area (Å²) < 4.78 is 21.2. The van der Waals surface area contributed by atoms with Gasteiger partial charge in [-0.05, 0) is 62.6 Å². The minimum Gasteiger partial charge on any atom is -0.365 e. The zero-order valence-electron chi connectivity index (χ0n) is 20.0. The fraction of sp³-hybridized carbons (Fsp3) is 0.519. The van der Waals surface area contributed by atoms with Crippen molar-refractivity contribution in [3.05, 3.63) is 65.0 Å². The second-order valence-electron chi connectivity index (χ2n) is 9.76. The number of amides is 2. The van der Waals surface area contributed by atoms with Crippen LogP contribution in [0.5, 0.6) is 0 Å². The molecule has 3 aliphatic rings. The van der Waals surface area contributed by atoms with Crippen molar-refractivity contribution in [3.8, 4) is 0 Å². The first-order valence-corrected chi connectivity index (χ1v) is 12.7. The van der Waals surface area contributed by atoms with Gasteiger partial charge in [-0.3, -0.25) is 9.59 Å². The molecule has 8 heteroatoms. The quantitative estimate of drug-likeness (QED) is 0.630. The molecular formula is C27H33FN4O3. The smallest absolute Gasteiger partial charge is 0.274 e. The Bertz CT molecular complexity index is 1090. The predicted molar refractivity (Wildman–Crippen MR) is 129 cm³/mol. The molecule has 35 heavy (non-hydrogen) atoms. The van der Waals surface area contributed by atoms with Crippen LogP contribution in [0.4, 0.5) is 4.39 Å². The van der Waals surface area contributed by atoms with Crippen molar-refractivity contribution in [1.82, 2.24) is 19.8 Å². The van der Waals surface area contributed by atoms with E-state index in [-0.39, 0.29) is 36.3 Å². The number of nitrogens with one attached hydrogen (secondary N) is 1. The molecule has 0 radical (unpaired) electrons. The lowest BCUT2D eigenvalue weighted by atomic mass is 9.95. The van der Waals surface area contributed by atoms with Crippen molar-refractivity contribution < 1.29 is 18.7 Å². The van der Waals surface area contributed by atoms with E-state index < -0.39 is 0 Å². The Hall–Kier alpha value is -3.00. The lowest BCUT2D eigenvalue weighted by molar-refractivity contribution is -0.126. The Balaban J connectivity index is 1.12. The summed E-state index contributed by atoms with van der Waals surface area (Å²) >= 11 is 0. The van der Waals surface area contributed by atoms with Gasteiger partial charge in [0.25, 0.3) is 5.91 Å². The van der Waals surface area contributed by atoms with Gasteiger partial charge in [0.1, 0.15) is 11.9 Å². The minimum absolute atomic E-state index is 0.0462. The number of nitrogens with zero attached hydrogens (tertiary/aromatic N) is 3. The van der Waals surface area contributed by atoms with E-state index in [0.29, 0.717) is 44.7 Å². The lowest BCUT2D eigenvalue weighted by Gasteiger charge is -2.31. The van der Waals surface area contributed by atoms with Crippen LogP contribution in [-0.4, -0.2) is 45.9 Å². The molecule has 2 amide bonds. The normalized spacial score (nSPS) is 20.8. The van der Waals surface area contributed by atoms with Gasteiger partial charge in [0.15, 0.2) is 5.69 Å². The number of piperidine rings is 1. The van der Waals surface area contributed by atoms with Crippen molar-refractivity contribution in [3.63, 3.8) is 0 Å². The summed E-state index contributed by atoms with van der Waals surface area (Å²) in [6.07, 6.45) is 10.9. The van der Waals surface area contributed by atoms with Gasteiger partial charge in [0.05, 0.1) is 25.2 Å². The summed E-state index contributed by atoms with van der Waals surface area (Å²) in [5.74, 6) is -0.326. The highest BCUT2D eigenvalue weighted by Crippen LogP contribution is 2.29. The van der Waals surface area contributed by atoms with E-state index in [4.69, 9.17) is 4.74 Å². The fourth-order valence-electron chi connectivity index (χ4n) is 5.30. The molecule has 0 saturated carbocycles. The number of rotatable bonds is 6. The van der Waals surface area contributed by atoms with Crippen molar-refractivity contribution in [2.75, 3.05) is 19.6 Å². The van der Waals surface area contributed by atoms with Gasteiger partial charge in [-0.2, -0.15) is 0 Å². The number of imidazole rings is 1. The number of halogens is 1. The molecule has 2 aromatic rings. The van der Waals surface area contributed by atoms with Crippen LogP contribution in [0.25, 0.3) is 0 Å². The van der Waals surface area contributed by atoms with Gasteiger partial charge in [0.2, 0.25) is 5.91 Å². The third-order valence-corrected chi connectivity index (χ3v) is 7.46. The van der Waals surface area contributed by atoms with Crippen LogP contribution >= 0.6 is 0 Å². The number of aromatic nitrogens is 2. The standard InChI is InChI=1S/C27H33FN4O3/c28-22-8-6-20(7-9-22)24-16-32-18-30-25(23(32)17-35-24)27(34)31-14-11-21(12-15-31)26(33)29-13-10-19-4-2-1-3-5-19/h4,6-9,18,21,24H,1-3,5,10-17H2,(H,29,33). The van der Waals surface area contributed by atoms with Crippen LogP contribution in [0.3, 0.4) is 0 Å². The first-order chi connectivity index (χ1) is 17.1. The maximum Gasteiger partial charge on any atom is 0.274 e. The van der Waals surface area contributed by atoms with Crippen LogP contribution in [0.2, 0.25) is 0 Å². The molecule has 5 rings (SSSR count). The van der Waals surface area contributed by atoms with Crippen LogP contribution in [0, 0.1) is 11.7 Å². The number of ether oxygens (including phenoxy) is 1. The van der Waals surface area contributed by atoms with Crippen LogP contribution < -0.4 is 5.32 Å². The Morgan fingerprint density at radius 2 is 1.94 bits per heavy atom. The third-order valence-electron chi connectivity index (χ3n) is 7.46. The average molecular weight is 481 g/mol. The summed E-state index contributed by atoms with van der Waals surface area (Å²) in [5.41, 5.74) is 3.55. The summed E-state index contributed by atoms with van der Waals surface area (Å²) in [4.78, 5) is 32.0. The van der Waals surface area contributed by atoms with E-state index in [1.54, 1.807) is 23.4 Å². The number of carbonyl (C=O) groups is 2. The Labute approximate surface area is 205 Å². The number of benzene rings is 1. The van der Waals surface area contributed by atoms with E-state index in [0.717, 1.165) is 30.5 Å². The molecule has 0 spiro atoms. The second-order valence-corrected chi connectivity index (χ2v) is 9.76. The summed E-state index contributed by atoms with van der Waals surface area (Å²) in [6, 6.07) is 6.30. The fourth-order valence-corrected chi connectivity index (χ4v) is 5.30. The van der Waals surface area contributed by atoms with Gasteiger partial charge >= 0.3 is 0 Å². The predicted octanol–water partition coefficient (Wildman–Crippen LogP) is 4.15. The number of likely N-dealkylation sites (tertiary alicyclic amines) is 1. The number of fused-ring (bicyclic) bond motifs is 1. The van der Waals surface area contributed by atoms with Crippen LogP contribution in [0.15, 0.2) is 42.2 Å². The first kappa shape index (κ1) is 23.7. The zero-order chi connectivity index (χ0) is 24.2. The van der Waals surface area contributed by atoms with Crippen molar-refractivity contribution in [2.24, 2.45) is 5.92 Å². The molecule has 0 bridgehead atoms. The van der Waals surface area contributed by atoms with Gasteiger partial charge in [0, 0.05) is 25.6 Å². The maximum absolute atomic E-state index is 13.2. The van der Waals surface area contributed by atoms with E-state index in [2.05, 4.69) is 16.4 Å². The summed E-state index contributed by atoms with van der Waals surface area (Å²) in [7, 11) is 0. The summed E-state index contributed by atoms with van der Waals surface area (Å²) in [5, 5.41) is 3.10. The maximum atomic E-state index is 13.2. The highest BCUT2D eigenvalue weighted by Gasteiger charge is 2.32. The zero-order valence-corrected chi connectivity index (χ0v) is 20.0. The lowest BCUT2D eigenvalue weighted by Crippen LogP contribution is -2.43. The number of allylic oxidation sites excluding steroid dienone is 1. The molecule has 2 aliphatic heterocycles. The van der Waals surface area contributed by atoms with Crippen LogP contribution in [0.1, 0.15) is 72.8 Å². The molecule has 1 fully saturated rings. The molecule has 1 unspecified atom stereocenters. The van der Waals surface area contributed by atoms with E-state index in [1.165, 1.54) is 30.5 Å². The SMILES string of the molecule is O=C(NCCC1=CCCCC1)C1CCN(C(=O)c2ncn3c2COC(c2ccc(F)cc2)C3)CC1. The molecular weight excluding hydrogens is 447 g/mol.